The van der Waals surface area contributed by atoms with Gasteiger partial charge in [0.15, 0.2) is 0 Å². The third-order valence-electron chi connectivity index (χ3n) is 6.46. The number of rotatable bonds is 5. The molecular weight excluding hydrogens is 412 g/mol. The molecule has 3 heterocycles. The minimum atomic E-state index is 0.0253. The Morgan fingerprint density at radius 1 is 1.19 bits per heavy atom. The number of amides is 1. The number of carbonyl (C=O) groups is 1. The Bertz CT molecular complexity index is 1100. The lowest BCUT2D eigenvalue weighted by atomic mass is 9.87. The predicted molar refractivity (Wildman–Crippen MR) is 120 cm³/mol. The van der Waals surface area contributed by atoms with Crippen LogP contribution in [0.4, 0.5) is 5.82 Å². The summed E-state index contributed by atoms with van der Waals surface area (Å²) >= 11 is 6.03. The Hall–Kier alpha value is -2.93. The van der Waals surface area contributed by atoms with Gasteiger partial charge >= 0.3 is 0 Å². The Morgan fingerprint density at radius 2 is 2.00 bits per heavy atom. The van der Waals surface area contributed by atoms with E-state index in [0.717, 1.165) is 30.8 Å². The molecule has 1 aliphatic carbocycles. The summed E-state index contributed by atoms with van der Waals surface area (Å²) in [5.74, 6) is 0.754. The average molecular weight is 437 g/mol. The molecule has 1 saturated carbocycles. The second kappa shape index (κ2) is 7.96. The number of benzene rings is 1. The number of halogens is 1. The number of anilines is 1. The molecule has 7 nitrogen and oxygen atoms in total. The van der Waals surface area contributed by atoms with E-state index in [1.807, 2.05) is 42.2 Å². The van der Waals surface area contributed by atoms with Crippen molar-refractivity contribution >= 4 is 23.3 Å². The van der Waals surface area contributed by atoms with Crippen LogP contribution in [0.25, 0.3) is 5.69 Å². The second-order valence-corrected chi connectivity index (χ2v) is 9.06. The van der Waals surface area contributed by atoms with E-state index in [0.29, 0.717) is 28.4 Å². The second-order valence-electron chi connectivity index (χ2n) is 8.67. The van der Waals surface area contributed by atoms with E-state index < -0.39 is 0 Å². The highest BCUT2D eigenvalue weighted by molar-refractivity contribution is 6.29. The number of pyridine rings is 1. The van der Waals surface area contributed by atoms with Crippen molar-refractivity contribution in [2.45, 2.75) is 38.6 Å². The normalized spacial score (nSPS) is 19.4. The van der Waals surface area contributed by atoms with Gasteiger partial charge in [-0.15, -0.1) is 0 Å². The molecule has 1 saturated heterocycles. The average Bonchev–Trinajstić information content (AvgIpc) is 3.28. The van der Waals surface area contributed by atoms with Crippen LogP contribution >= 0.6 is 11.6 Å². The van der Waals surface area contributed by atoms with Gasteiger partial charge in [-0.2, -0.15) is 15.0 Å². The molecule has 8 heteroatoms. The summed E-state index contributed by atoms with van der Waals surface area (Å²) in [6, 6.07) is 11.4. The third-order valence-corrected chi connectivity index (χ3v) is 6.67. The molecule has 1 aromatic carbocycles. The van der Waals surface area contributed by atoms with E-state index in [1.165, 1.54) is 17.6 Å². The summed E-state index contributed by atoms with van der Waals surface area (Å²) < 4.78 is 0. The highest BCUT2D eigenvalue weighted by Gasteiger charge is 2.49. The fourth-order valence-corrected chi connectivity index (χ4v) is 4.72. The lowest BCUT2D eigenvalue weighted by Gasteiger charge is -2.40. The minimum absolute atomic E-state index is 0.0253. The molecule has 2 fully saturated rings. The van der Waals surface area contributed by atoms with Gasteiger partial charge in [-0.25, -0.2) is 4.98 Å². The van der Waals surface area contributed by atoms with Crippen LogP contribution in [0, 0.1) is 12.3 Å². The number of nitrogens with one attached hydrogen (secondary N) is 1. The fraction of sp³-hybridized carbons (Fsp3) is 0.391. The zero-order valence-electron chi connectivity index (χ0n) is 17.5. The highest BCUT2D eigenvalue weighted by Crippen LogP contribution is 2.55. The number of aromatic nitrogens is 4. The quantitative estimate of drug-likeness (QED) is 0.609. The standard InChI is InChI=1S/C23H25ClN6O/c1-16-5-6-19(30-26-10-11-27-30)18(13-16)22(31)29-12-9-23(7-8-23)14-17(29)15-25-21-4-2-3-20(24)28-21/h2-6,10-11,13,17H,7-9,12,14-15H2,1H3,(H,25,28)/t17-/m0/s1. The van der Waals surface area contributed by atoms with Gasteiger partial charge in [0.1, 0.15) is 11.0 Å². The SMILES string of the molecule is Cc1ccc(-n2nccn2)c(C(=O)N2CCC3(CC3)C[C@H]2CNc2cccc(Cl)n2)c1. The number of aryl methyl sites for hydroxylation is 1. The summed E-state index contributed by atoms with van der Waals surface area (Å²) in [7, 11) is 0. The summed E-state index contributed by atoms with van der Waals surface area (Å²) in [5.41, 5.74) is 2.78. The van der Waals surface area contributed by atoms with Crippen LogP contribution in [-0.4, -0.2) is 49.9 Å². The molecule has 160 valence electrons. The molecule has 2 aromatic heterocycles. The van der Waals surface area contributed by atoms with E-state index in [2.05, 4.69) is 20.5 Å². The van der Waals surface area contributed by atoms with E-state index in [-0.39, 0.29) is 11.9 Å². The number of hydrogen-bond donors (Lipinski definition) is 1. The Labute approximate surface area is 186 Å². The summed E-state index contributed by atoms with van der Waals surface area (Å²) in [4.78, 5) is 21.6. The van der Waals surface area contributed by atoms with Gasteiger partial charge < -0.3 is 10.2 Å². The van der Waals surface area contributed by atoms with Crippen molar-refractivity contribution in [3.63, 3.8) is 0 Å². The molecule has 3 aromatic rings. The Kier molecular flexibility index (Phi) is 5.14. The Balaban J connectivity index is 1.42. The van der Waals surface area contributed by atoms with Crippen LogP contribution in [0.5, 0.6) is 0 Å². The van der Waals surface area contributed by atoms with Crippen molar-refractivity contribution < 1.29 is 4.79 Å². The van der Waals surface area contributed by atoms with Crippen LogP contribution in [0.15, 0.2) is 48.8 Å². The highest BCUT2D eigenvalue weighted by atomic mass is 35.5. The maximum Gasteiger partial charge on any atom is 0.256 e. The maximum absolute atomic E-state index is 13.8. The molecule has 0 radical (unpaired) electrons. The van der Waals surface area contributed by atoms with Crippen LogP contribution in [0.3, 0.4) is 0 Å². The van der Waals surface area contributed by atoms with Gasteiger partial charge in [0.25, 0.3) is 5.91 Å². The molecule has 1 amide bonds. The van der Waals surface area contributed by atoms with Crippen molar-refractivity contribution in [2.75, 3.05) is 18.4 Å². The topological polar surface area (TPSA) is 75.9 Å². The number of nitrogens with zero attached hydrogens (tertiary/aromatic N) is 5. The summed E-state index contributed by atoms with van der Waals surface area (Å²) in [5, 5.41) is 12.3. The van der Waals surface area contributed by atoms with Crippen molar-refractivity contribution in [1.29, 1.82) is 0 Å². The molecular formula is C23H25ClN6O. The van der Waals surface area contributed by atoms with Crippen LogP contribution < -0.4 is 5.32 Å². The van der Waals surface area contributed by atoms with Crippen molar-refractivity contribution in [1.82, 2.24) is 24.9 Å². The van der Waals surface area contributed by atoms with E-state index >= 15 is 0 Å². The molecule has 5 rings (SSSR count). The number of carbonyl (C=O) groups excluding carboxylic acids is 1. The summed E-state index contributed by atoms with van der Waals surface area (Å²) in [6.45, 7) is 3.40. The molecule has 31 heavy (non-hydrogen) atoms. The lowest BCUT2D eigenvalue weighted by molar-refractivity contribution is 0.0545. The fourth-order valence-electron chi connectivity index (χ4n) is 4.55. The largest absolute Gasteiger partial charge is 0.368 e. The molecule has 1 spiro atoms. The van der Waals surface area contributed by atoms with Gasteiger partial charge in [-0.3, -0.25) is 4.79 Å². The minimum Gasteiger partial charge on any atom is -0.368 e. The third kappa shape index (κ3) is 4.14. The van der Waals surface area contributed by atoms with Crippen molar-refractivity contribution in [2.24, 2.45) is 5.41 Å². The molecule has 1 aliphatic heterocycles. The van der Waals surface area contributed by atoms with E-state index in [9.17, 15) is 4.79 Å². The smallest absolute Gasteiger partial charge is 0.256 e. The first-order valence-corrected chi connectivity index (χ1v) is 11.1. The van der Waals surface area contributed by atoms with Gasteiger partial charge in [-0.1, -0.05) is 29.3 Å². The molecule has 1 N–H and O–H groups in total. The number of likely N-dealkylation sites (tertiary alicyclic amines) is 1. The molecule has 2 aliphatic rings. The van der Waals surface area contributed by atoms with Crippen LogP contribution in [0.1, 0.15) is 41.6 Å². The van der Waals surface area contributed by atoms with Crippen molar-refractivity contribution in [3.8, 4) is 5.69 Å². The summed E-state index contributed by atoms with van der Waals surface area (Å²) in [6.07, 6.45) is 7.83. The van der Waals surface area contributed by atoms with E-state index in [1.54, 1.807) is 18.5 Å². The zero-order chi connectivity index (χ0) is 21.4. The van der Waals surface area contributed by atoms with Gasteiger partial charge in [0, 0.05) is 19.1 Å². The number of piperidine rings is 1. The van der Waals surface area contributed by atoms with Gasteiger partial charge in [0.2, 0.25) is 0 Å². The molecule has 0 unspecified atom stereocenters. The first-order valence-electron chi connectivity index (χ1n) is 10.7. The molecule has 1 atom stereocenters. The van der Waals surface area contributed by atoms with E-state index in [4.69, 9.17) is 11.6 Å². The van der Waals surface area contributed by atoms with Crippen LogP contribution in [0.2, 0.25) is 5.15 Å². The van der Waals surface area contributed by atoms with Crippen LogP contribution in [-0.2, 0) is 0 Å². The van der Waals surface area contributed by atoms with Gasteiger partial charge in [0.05, 0.1) is 23.6 Å². The number of hydrogen-bond acceptors (Lipinski definition) is 5. The maximum atomic E-state index is 13.8. The monoisotopic (exact) mass is 436 g/mol. The predicted octanol–water partition coefficient (Wildman–Crippen LogP) is 4.12. The Morgan fingerprint density at radius 3 is 2.74 bits per heavy atom. The zero-order valence-corrected chi connectivity index (χ0v) is 18.2. The first-order chi connectivity index (χ1) is 15.0. The molecule has 0 bridgehead atoms. The van der Waals surface area contributed by atoms with Gasteiger partial charge in [-0.05, 0) is 62.3 Å². The lowest BCUT2D eigenvalue weighted by Crippen LogP contribution is -2.50. The van der Waals surface area contributed by atoms with Crippen molar-refractivity contribution in [3.05, 3.63) is 65.1 Å². The first kappa shape index (κ1) is 20.0.